The standard InChI is InChI=1S/C22H22ClN5O2/c1-12-17(10-25)18(16-7-6-15(23)8-14(16)9-24)19-20(26-12)27(2)22(30)28(21(19)29)11-13-4-3-5-13/h6-8,13H,3-5,10-11,25H2,1-2H3. The molecule has 0 amide bonds. The van der Waals surface area contributed by atoms with E-state index in [1.54, 1.807) is 32.2 Å². The fourth-order valence-electron chi connectivity index (χ4n) is 4.13. The largest absolute Gasteiger partial charge is 0.332 e. The number of benzene rings is 1. The SMILES string of the molecule is Cc1nc2c(c(-c3ccc(Cl)cc3C#N)c1CN)c(=O)n(CC1CCC1)c(=O)n2C. The van der Waals surface area contributed by atoms with Gasteiger partial charge in [0.05, 0.1) is 17.0 Å². The Morgan fingerprint density at radius 2 is 2.07 bits per heavy atom. The molecule has 4 rings (SSSR count). The van der Waals surface area contributed by atoms with E-state index in [1.807, 2.05) is 0 Å². The van der Waals surface area contributed by atoms with Crippen molar-refractivity contribution in [3.05, 3.63) is 60.9 Å². The zero-order valence-electron chi connectivity index (χ0n) is 16.9. The van der Waals surface area contributed by atoms with Crippen molar-refractivity contribution >= 4 is 22.6 Å². The van der Waals surface area contributed by atoms with Gasteiger partial charge in [0, 0.05) is 42.0 Å². The first-order chi connectivity index (χ1) is 14.4. The lowest BCUT2D eigenvalue weighted by molar-refractivity contribution is 0.269. The Bertz CT molecular complexity index is 1330. The number of pyridine rings is 1. The van der Waals surface area contributed by atoms with E-state index >= 15 is 0 Å². The van der Waals surface area contributed by atoms with Gasteiger partial charge >= 0.3 is 5.69 Å². The van der Waals surface area contributed by atoms with Gasteiger partial charge in [-0.15, -0.1) is 0 Å². The summed E-state index contributed by atoms with van der Waals surface area (Å²) in [6.45, 7) is 2.32. The van der Waals surface area contributed by atoms with Gasteiger partial charge in [0.15, 0.2) is 0 Å². The Balaban J connectivity index is 2.17. The predicted molar refractivity (Wildman–Crippen MR) is 116 cm³/mol. The Morgan fingerprint density at radius 1 is 1.33 bits per heavy atom. The molecule has 154 valence electrons. The number of nitrogens with zero attached hydrogens (tertiary/aromatic N) is 4. The molecule has 30 heavy (non-hydrogen) atoms. The van der Waals surface area contributed by atoms with E-state index in [4.69, 9.17) is 17.3 Å². The van der Waals surface area contributed by atoms with Crippen LogP contribution in [0.15, 0.2) is 27.8 Å². The third kappa shape index (κ3) is 3.13. The molecular weight excluding hydrogens is 402 g/mol. The van der Waals surface area contributed by atoms with Gasteiger partial charge in [0.2, 0.25) is 0 Å². The number of hydrogen-bond donors (Lipinski definition) is 1. The summed E-state index contributed by atoms with van der Waals surface area (Å²) in [5, 5.41) is 10.4. The summed E-state index contributed by atoms with van der Waals surface area (Å²) >= 11 is 6.09. The highest BCUT2D eigenvalue weighted by molar-refractivity contribution is 6.30. The van der Waals surface area contributed by atoms with Crippen LogP contribution >= 0.6 is 11.6 Å². The van der Waals surface area contributed by atoms with E-state index in [-0.39, 0.29) is 12.2 Å². The van der Waals surface area contributed by atoms with Crippen molar-refractivity contribution in [2.24, 2.45) is 18.7 Å². The molecule has 3 aromatic rings. The number of aryl methyl sites for hydroxylation is 2. The Kier molecular flexibility index (Phi) is 5.22. The average molecular weight is 424 g/mol. The van der Waals surface area contributed by atoms with E-state index in [9.17, 15) is 14.9 Å². The average Bonchev–Trinajstić information content (AvgIpc) is 2.69. The van der Waals surface area contributed by atoms with Crippen molar-refractivity contribution in [1.29, 1.82) is 5.26 Å². The van der Waals surface area contributed by atoms with E-state index in [1.165, 1.54) is 9.13 Å². The number of halogens is 1. The molecule has 7 nitrogen and oxygen atoms in total. The molecule has 0 radical (unpaired) electrons. The monoisotopic (exact) mass is 423 g/mol. The van der Waals surface area contributed by atoms with Crippen LogP contribution in [-0.2, 0) is 20.1 Å². The zero-order chi connectivity index (χ0) is 21.6. The van der Waals surface area contributed by atoms with Crippen LogP contribution in [0, 0.1) is 24.2 Å². The van der Waals surface area contributed by atoms with Crippen LogP contribution in [-0.4, -0.2) is 14.1 Å². The number of hydrogen-bond acceptors (Lipinski definition) is 5. The fourth-order valence-corrected chi connectivity index (χ4v) is 4.31. The molecule has 0 saturated heterocycles. The molecule has 0 spiro atoms. The molecule has 0 aliphatic heterocycles. The summed E-state index contributed by atoms with van der Waals surface area (Å²) in [7, 11) is 1.62. The molecule has 1 fully saturated rings. The Morgan fingerprint density at radius 3 is 2.67 bits per heavy atom. The molecule has 8 heteroatoms. The van der Waals surface area contributed by atoms with Crippen molar-refractivity contribution in [2.75, 3.05) is 0 Å². The predicted octanol–water partition coefficient (Wildman–Crippen LogP) is 2.85. The third-order valence-corrected chi connectivity index (χ3v) is 6.26. The second-order valence-electron chi connectivity index (χ2n) is 7.81. The number of aromatic nitrogens is 3. The smallest absolute Gasteiger partial charge is 0.326 e. The Labute approximate surface area is 178 Å². The number of nitrogens with two attached hydrogens (primary N) is 1. The lowest BCUT2D eigenvalue weighted by atomic mass is 9.85. The van der Waals surface area contributed by atoms with E-state index in [2.05, 4.69) is 11.1 Å². The van der Waals surface area contributed by atoms with Crippen molar-refractivity contribution in [2.45, 2.75) is 39.3 Å². The molecule has 2 N–H and O–H groups in total. The first-order valence-electron chi connectivity index (χ1n) is 9.90. The normalized spacial score (nSPS) is 14.0. The van der Waals surface area contributed by atoms with Crippen LogP contribution in [0.4, 0.5) is 0 Å². The van der Waals surface area contributed by atoms with Gasteiger partial charge in [-0.05, 0) is 43.4 Å². The molecule has 2 heterocycles. The maximum absolute atomic E-state index is 13.6. The molecule has 1 aliphatic carbocycles. The topological polar surface area (TPSA) is 107 Å². The molecule has 1 aliphatic rings. The first kappa shape index (κ1) is 20.3. The molecular formula is C22H22ClN5O2. The highest BCUT2D eigenvalue weighted by Crippen LogP contribution is 2.34. The number of rotatable bonds is 4. The maximum atomic E-state index is 13.6. The van der Waals surface area contributed by atoms with E-state index in [0.717, 1.165) is 19.3 Å². The minimum atomic E-state index is -0.393. The van der Waals surface area contributed by atoms with Crippen molar-refractivity contribution in [3.63, 3.8) is 0 Å². The summed E-state index contributed by atoms with van der Waals surface area (Å²) < 4.78 is 2.71. The number of nitriles is 1. The summed E-state index contributed by atoms with van der Waals surface area (Å²) in [4.78, 5) is 31.1. The molecule has 1 saturated carbocycles. The van der Waals surface area contributed by atoms with Gasteiger partial charge in [0.25, 0.3) is 5.56 Å². The van der Waals surface area contributed by atoms with E-state index in [0.29, 0.717) is 56.5 Å². The summed E-state index contributed by atoms with van der Waals surface area (Å²) in [5.41, 5.74) is 8.30. The quantitative estimate of drug-likeness (QED) is 0.694. The second kappa shape index (κ2) is 7.71. The van der Waals surface area contributed by atoms with Crippen molar-refractivity contribution in [3.8, 4) is 17.2 Å². The summed E-state index contributed by atoms with van der Waals surface area (Å²) in [6, 6.07) is 7.11. The third-order valence-electron chi connectivity index (χ3n) is 6.02. The second-order valence-corrected chi connectivity index (χ2v) is 8.25. The zero-order valence-corrected chi connectivity index (χ0v) is 17.7. The van der Waals surface area contributed by atoms with Gasteiger partial charge in [-0.1, -0.05) is 24.1 Å². The van der Waals surface area contributed by atoms with Crippen LogP contribution in [0.2, 0.25) is 5.02 Å². The van der Waals surface area contributed by atoms with Crippen molar-refractivity contribution < 1.29 is 0 Å². The van der Waals surface area contributed by atoms with Crippen molar-refractivity contribution in [1.82, 2.24) is 14.1 Å². The Hall–Kier alpha value is -2.95. The van der Waals surface area contributed by atoms with Gasteiger partial charge < -0.3 is 5.73 Å². The van der Waals surface area contributed by atoms with Crippen LogP contribution < -0.4 is 17.0 Å². The fraction of sp³-hybridized carbons (Fsp3) is 0.364. The molecule has 2 aromatic heterocycles. The highest BCUT2D eigenvalue weighted by atomic mass is 35.5. The summed E-state index contributed by atoms with van der Waals surface area (Å²) in [6.07, 6.45) is 3.14. The van der Waals surface area contributed by atoms with E-state index < -0.39 is 5.56 Å². The van der Waals surface area contributed by atoms with Crippen LogP contribution in [0.1, 0.15) is 36.1 Å². The van der Waals surface area contributed by atoms with Crippen LogP contribution in [0.25, 0.3) is 22.2 Å². The van der Waals surface area contributed by atoms with Crippen LogP contribution in [0.5, 0.6) is 0 Å². The summed E-state index contributed by atoms with van der Waals surface area (Å²) in [5.74, 6) is 0.328. The minimum absolute atomic E-state index is 0.141. The molecule has 1 aromatic carbocycles. The minimum Gasteiger partial charge on any atom is -0.326 e. The first-order valence-corrected chi connectivity index (χ1v) is 10.3. The molecule has 0 atom stereocenters. The van der Waals surface area contributed by atoms with Gasteiger partial charge in [-0.3, -0.25) is 13.9 Å². The van der Waals surface area contributed by atoms with Gasteiger partial charge in [-0.25, -0.2) is 9.78 Å². The van der Waals surface area contributed by atoms with Crippen LogP contribution in [0.3, 0.4) is 0 Å². The lowest BCUT2D eigenvalue weighted by Gasteiger charge is -2.26. The molecule has 0 unspecified atom stereocenters. The maximum Gasteiger partial charge on any atom is 0.332 e. The van der Waals surface area contributed by atoms with Gasteiger partial charge in [0.1, 0.15) is 5.65 Å². The van der Waals surface area contributed by atoms with Gasteiger partial charge in [-0.2, -0.15) is 5.26 Å². The number of fused-ring (bicyclic) bond motifs is 1. The molecule has 0 bridgehead atoms. The highest BCUT2D eigenvalue weighted by Gasteiger charge is 2.25. The lowest BCUT2D eigenvalue weighted by Crippen LogP contribution is -2.42.